The van der Waals surface area contributed by atoms with E-state index in [4.69, 9.17) is 5.73 Å². The highest BCUT2D eigenvalue weighted by atomic mass is 16.2. The summed E-state index contributed by atoms with van der Waals surface area (Å²) in [6.45, 7) is 3.41. The van der Waals surface area contributed by atoms with E-state index < -0.39 is 0 Å². The van der Waals surface area contributed by atoms with Crippen LogP contribution in [0.25, 0.3) is 22.2 Å². The van der Waals surface area contributed by atoms with E-state index >= 15 is 0 Å². The summed E-state index contributed by atoms with van der Waals surface area (Å²) in [5, 5.41) is 1.06. The van der Waals surface area contributed by atoms with Gasteiger partial charge in [-0.2, -0.15) is 0 Å². The third-order valence-corrected chi connectivity index (χ3v) is 8.23. The van der Waals surface area contributed by atoms with Gasteiger partial charge in [0, 0.05) is 54.0 Å². The Labute approximate surface area is 227 Å². The summed E-state index contributed by atoms with van der Waals surface area (Å²) in [4.78, 5) is 45.8. The number of amides is 3. The van der Waals surface area contributed by atoms with Gasteiger partial charge in [0.1, 0.15) is 0 Å². The van der Waals surface area contributed by atoms with Gasteiger partial charge in [-0.3, -0.25) is 14.4 Å². The number of benzene rings is 3. The number of H-pyrrole nitrogens is 1. The van der Waals surface area contributed by atoms with Gasteiger partial charge in [0.05, 0.1) is 11.7 Å². The van der Waals surface area contributed by atoms with Crippen LogP contribution in [0.2, 0.25) is 0 Å². The number of aryl methyl sites for hydroxylation is 1. The van der Waals surface area contributed by atoms with Crippen molar-refractivity contribution in [2.75, 3.05) is 19.6 Å². The number of primary amides is 1. The Morgan fingerprint density at radius 3 is 2.38 bits per heavy atom. The second-order valence-electron chi connectivity index (χ2n) is 10.6. The molecule has 4 aromatic rings. The summed E-state index contributed by atoms with van der Waals surface area (Å²) < 4.78 is 0. The second-order valence-corrected chi connectivity index (χ2v) is 10.6. The minimum absolute atomic E-state index is 0.00175. The lowest BCUT2D eigenvalue weighted by atomic mass is 9.93. The molecule has 0 spiro atoms. The summed E-state index contributed by atoms with van der Waals surface area (Å²) in [7, 11) is 0. The summed E-state index contributed by atoms with van der Waals surface area (Å²) in [5.41, 5.74) is 12.4. The van der Waals surface area contributed by atoms with Gasteiger partial charge in [-0.15, -0.1) is 0 Å². The van der Waals surface area contributed by atoms with Gasteiger partial charge in [-0.05, 0) is 43.0 Å². The number of piperidine rings is 1. The van der Waals surface area contributed by atoms with Crippen molar-refractivity contribution in [2.24, 2.45) is 11.7 Å². The van der Waals surface area contributed by atoms with Crippen molar-refractivity contribution in [3.05, 3.63) is 95.1 Å². The first-order valence-corrected chi connectivity index (χ1v) is 13.6. The summed E-state index contributed by atoms with van der Waals surface area (Å²) in [5.74, 6) is -0.530. The molecule has 0 saturated carbocycles. The van der Waals surface area contributed by atoms with Crippen molar-refractivity contribution in [3.8, 4) is 11.3 Å². The van der Waals surface area contributed by atoms with Crippen molar-refractivity contribution >= 4 is 28.6 Å². The van der Waals surface area contributed by atoms with E-state index in [1.54, 1.807) is 4.90 Å². The fourth-order valence-electron chi connectivity index (χ4n) is 6.10. The molecule has 2 aliphatic heterocycles. The molecule has 7 heteroatoms. The van der Waals surface area contributed by atoms with Crippen molar-refractivity contribution in [1.29, 1.82) is 0 Å². The molecular formula is C32H32N4O3. The Kier molecular flexibility index (Phi) is 6.43. The fraction of sp³-hybridized carbons (Fsp3) is 0.281. The summed E-state index contributed by atoms with van der Waals surface area (Å²) in [6.07, 6.45) is 1.40. The molecule has 0 bridgehead atoms. The maximum Gasteiger partial charge on any atom is 0.255 e. The number of nitrogens with two attached hydrogens (primary N) is 1. The molecule has 3 aromatic carbocycles. The molecule has 3 amide bonds. The van der Waals surface area contributed by atoms with Crippen LogP contribution in [0.1, 0.15) is 52.4 Å². The molecular weight excluding hydrogens is 488 g/mol. The Balaban J connectivity index is 1.36. The van der Waals surface area contributed by atoms with Crippen LogP contribution in [-0.4, -0.2) is 52.1 Å². The van der Waals surface area contributed by atoms with Gasteiger partial charge in [-0.1, -0.05) is 66.2 Å². The largest absolute Gasteiger partial charge is 0.369 e. The number of hydrogen-bond donors (Lipinski definition) is 2. The lowest BCUT2D eigenvalue weighted by molar-refractivity contribution is -0.135. The van der Waals surface area contributed by atoms with Crippen LogP contribution in [0, 0.1) is 12.8 Å². The molecule has 1 saturated heterocycles. The minimum atomic E-state index is -0.324. The predicted octanol–water partition coefficient (Wildman–Crippen LogP) is 4.80. The van der Waals surface area contributed by atoms with Crippen LogP contribution in [0.3, 0.4) is 0 Å². The standard InChI is InChI=1S/C32H32N4O3/c1-20-10-12-21(13-11-20)29-28(25-8-4-5-9-26(25)34-29)30-23-6-2-3-7-24(23)32(39)36(30)19-16-27(37)35-17-14-22(15-18-35)31(33)38/h2-13,22,30,34H,14-19H2,1H3,(H2,33,38)/t30-/m1/s1. The minimum Gasteiger partial charge on any atom is -0.369 e. The van der Waals surface area contributed by atoms with Crippen molar-refractivity contribution in [3.63, 3.8) is 0 Å². The number of nitrogens with one attached hydrogen (secondary N) is 1. The molecule has 0 aliphatic carbocycles. The highest BCUT2D eigenvalue weighted by Crippen LogP contribution is 2.45. The monoisotopic (exact) mass is 520 g/mol. The van der Waals surface area contributed by atoms with E-state index in [9.17, 15) is 14.4 Å². The van der Waals surface area contributed by atoms with Gasteiger partial charge in [-0.25, -0.2) is 0 Å². The maximum absolute atomic E-state index is 13.8. The van der Waals surface area contributed by atoms with Crippen molar-refractivity contribution in [2.45, 2.75) is 32.2 Å². The molecule has 3 N–H and O–H groups in total. The van der Waals surface area contributed by atoms with E-state index in [1.165, 1.54) is 5.56 Å². The van der Waals surface area contributed by atoms with Crippen LogP contribution in [0.5, 0.6) is 0 Å². The van der Waals surface area contributed by atoms with Crippen LogP contribution in [-0.2, 0) is 9.59 Å². The summed E-state index contributed by atoms with van der Waals surface area (Å²) >= 11 is 0. The van der Waals surface area contributed by atoms with Crippen LogP contribution in [0.4, 0.5) is 0 Å². The zero-order valence-electron chi connectivity index (χ0n) is 22.0. The third kappa shape index (κ3) is 4.48. The topological polar surface area (TPSA) is 99.5 Å². The molecule has 0 radical (unpaired) electrons. The lowest BCUT2D eigenvalue weighted by Gasteiger charge is -2.32. The number of hydrogen-bond acceptors (Lipinski definition) is 3. The summed E-state index contributed by atoms with van der Waals surface area (Å²) in [6, 6.07) is 24.0. The highest BCUT2D eigenvalue weighted by molar-refractivity contribution is 6.02. The molecule has 6 rings (SSSR count). The predicted molar refractivity (Wildman–Crippen MR) is 151 cm³/mol. The van der Waals surface area contributed by atoms with E-state index in [-0.39, 0.29) is 36.1 Å². The number of fused-ring (bicyclic) bond motifs is 2. The number of para-hydroxylation sites is 1. The first-order chi connectivity index (χ1) is 18.9. The number of aromatic amines is 1. The molecule has 1 fully saturated rings. The van der Waals surface area contributed by atoms with Gasteiger partial charge in [0.15, 0.2) is 0 Å². The van der Waals surface area contributed by atoms with E-state index in [2.05, 4.69) is 48.3 Å². The Bertz CT molecular complexity index is 1560. The van der Waals surface area contributed by atoms with Crippen LogP contribution >= 0.6 is 0 Å². The molecule has 198 valence electrons. The zero-order valence-corrected chi connectivity index (χ0v) is 22.0. The third-order valence-electron chi connectivity index (χ3n) is 8.23. The maximum atomic E-state index is 13.8. The van der Waals surface area contributed by atoms with Gasteiger partial charge < -0.3 is 20.5 Å². The number of nitrogens with zero attached hydrogens (tertiary/aromatic N) is 2. The normalized spacial score (nSPS) is 17.6. The van der Waals surface area contributed by atoms with Gasteiger partial charge in [0.2, 0.25) is 11.8 Å². The number of carbonyl (C=O) groups excluding carboxylic acids is 3. The van der Waals surface area contributed by atoms with Crippen LogP contribution < -0.4 is 5.73 Å². The molecule has 0 unspecified atom stereocenters. The first kappa shape index (κ1) is 24.9. The van der Waals surface area contributed by atoms with Crippen LogP contribution in [0.15, 0.2) is 72.8 Å². The second kappa shape index (κ2) is 10.1. The lowest BCUT2D eigenvalue weighted by Crippen LogP contribution is -2.43. The molecule has 2 aliphatic rings. The van der Waals surface area contributed by atoms with E-state index in [1.807, 2.05) is 41.3 Å². The zero-order chi connectivity index (χ0) is 27.1. The van der Waals surface area contributed by atoms with E-state index in [0.29, 0.717) is 38.0 Å². The molecule has 1 atom stereocenters. The van der Waals surface area contributed by atoms with E-state index in [0.717, 1.165) is 33.3 Å². The van der Waals surface area contributed by atoms with Gasteiger partial charge >= 0.3 is 0 Å². The average molecular weight is 521 g/mol. The van der Waals surface area contributed by atoms with Gasteiger partial charge in [0.25, 0.3) is 5.91 Å². The smallest absolute Gasteiger partial charge is 0.255 e. The molecule has 1 aromatic heterocycles. The van der Waals surface area contributed by atoms with Crippen molar-refractivity contribution in [1.82, 2.24) is 14.8 Å². The fourth-order valence-corrected chi connectivity index (χ4v) is 6.10. The number of carbonyl (C=O) groups is 3. The average Bonchev–Trinajstić information content (AvgIpc) is 3.47. The number of aromatic nitrogens is 1. The molecule has 39 heavy (non-hydrogen) atoms. The Morgan fingerprint density at radius 1 is 0.949 bits per heavy atom. The Morgan fingerprint density at radius 2 is 1.64 bits per heavy atom. The Hall–Kier alpha value is -4.39. The molecule has 3 heterocycles. The SMILES string of the molecule is Cc1ccc(-c2[nH]c3ccccc3c2[C@H]2c3ccccc3C(=O)N2CCC(=O)N2CCC(C(N)=O)CC2)cc1. The first-order valence-electron chi connectivity index (χ1n) is 13.6. The number of rotatable bonds is 6. The highest BCUT2D eigenvalue weighted by Gasteiger charge is 2.40. The quantitative estimate of drug-likeness (QED) is 0.382. The van der Waals surface area contributed by atoms with Crippen molar-refractivity contribution < 1.29 is 14.4 Å². The molecule has 7 nitrogen and oxygen atoms in total. The number of likely N-dealkylation sites (tertiary alicyclic amines) is 1.